The first-order valence-electron chi connectivity index (χ1n) is 7.20. The van der Waals surface area contributed by atoms with Gasteiger partial charge in [-0.1, -0.05) is 12.1 Å². The van der Waals surface area contributed by atoms with Gasteiger partial charge in [0, 0.05) is 16.0 Å². The van der Waals surface area contributed by atoms with E-state index in [2.05, 4.69) is 27.1 Å². The lowest BCUT2D eigenvalue weighted by molar-refractivity contribution is 0.455. The minimum absolute atomic E-state index is 0.110. The Hall–Kier alpha value is -1.56. The zero-order chi connectivity index (χ0) is 15.1. The largest absolute Gasteiger partial charge is 0.296 e. The SMILES string of the molecule is Cc1csc([C@H]2Cc3ccsc3[C@@H](c3ccc(F)cc3)N2)n1. The van der Waals surface area contributed by atoms with Crippen molar-refractivity contribution in [1.29, 1.82) is 0 Å². The van der Waals surface area contributed by atoms with Crippen molar-refractivity contribution in [2.45, 2.75) is 25.4 Å². The van der Waals surface area contributed by atoms with Crippen LogP contribution in [0.3, 0.4) is 0 Å². The molecular weight excluding hydrogens is 315 g/mol. The number of benzene rings is 1. The Bertz CT molecular complexity index is 791. The third-order valence-electron chi connectivity index (χ3n) is 3.97. The highest BCUT2D eigenvalue weighted by Crippen LogP contribution is 2.39. The fraction of sp³-hybridized carbons (Fsp3) is 0.235. The van der Waals surface area contributed by atoms with E-state index in [4.69, 9.17) is 0 Å². The monoisotopic (exact) mass is 330 g/mol. The van der Waals surface area contributed by atoms with Crippen molar-refractivity contribution in [3.63, 3.8) is 0 Å². The third kappa shape index (κ3) is 2.49. The molecule has 22 heavy (non-hydrogen) atoms. The molecule has 0 saturated heterocycles. The van der Waals surface area contributed by atoms with Crippen LogP contribution >= 0.6 is 22.7 Å². The second-order valence-corrected chi connectivity index (χ2v) is 7.38. The van der Waals surface area contributed by atoms with Crippen LogP contribution in [0.2, 0.25) is 0 Å². The van der Waals surface area contributed by atoms with E-state index in [1.54, 1.807) is 22.7 Å². The van der Waals surface area contributed by atoms with Crippen molar-refractivity contribution >= 4 is 22.7 Å². The fourth-order valence-electron chi connectivity index (χ4n) is 2.92. The van der Waals surface area contributed by atoms with E-state index in [-0.39, 0.29) is 17.9 Å². The number of halogens is 1. The Morgan fingerprint density at radius 1 is 1.18 bits per heavy atom. The highest BCUT2D eigenvalue weighted by atomic mass is 32.1. The number of aromatic nitrogens is 1. The lowest BCUT2D eigenvalue weighted by atomic mass is 9.93. The second-order valence-electron chi connectivity index (χ2n) is 5.55. The van der Waals surface area contributed by atoms with E-state index in [1.165, 1.54) is 22.6 Å². The summed E-state index contributed by atoms with van der Waals surface area (Å²) in [5.41, 5.74) is 3.54. The molecule has 2 nitrogen and oxygen atoms in total. The van der Waals surface area contributed by atoms with Crippen LogP contribution in [0.5, 0.6) is 0 Å². The molecule has 2 aromatic heterocycles. The Labute approximate surface area is 136 Å². The van der Waals surface area contributed by atoms with E-state index in [9.17, 15) is 4.39 Å². The summed E-state index contributed by atoms with van der Waals surface area (Å²) in [6, 6.07) is 9.32. The third-order valence-corrected chi connectivity index (χ3v) is 6.07. The van der Waals surface area contributed by atoms with Gasteiger partial charge in [0.15, 0.2) is 0 Å². The van der Waals surface area contributed by atoms with E-state index in [0.29, 0.717) is 0 Å². The highest BCUT2D eigenvalue weighted by Gasteiger charge is 2.30. The second kappa shape index (κ2) is 5.57. The molecule has 0 bridgehead atoms. The standard InChI is InChI=1S/C17H15FN2S2/c1-10-9-22-17(19-10)14-8-12-6-7-21-16(12)15(20-14)11-2-4-13(18)5-3-11/h2-7,9,14-15,20H,8H2,1H3/t14-,15-/m1/s1. The first-order chi connectivity index (χ1) is 10.7. The van der Waals surface area contributed by atoms with Crippen LogP contribution in [0.4, 0.5) is 4.39 Å². The van der Waals surface area contributed by atoms with E-state index in [0.717, 1.165) is 22.7 Å². The van der Waals surface area contributed by atoms with Crippen molar-refractivity contribution in [3.05, 3.63) is 73.6 Å². The van der Waals surface area contributed by atoms with E-state index < -0.39 is 0 Å². The number of hydrogen-bond donors (Lipinski definition) is 1. The summed E-state index contributed by atoms with van der Waals surface area (Å²) in [6.07, 6.45) is 0.962. The summed E-state index contributed by atoms with van der Waals surface area (Å²) >= 11 is 3.46. The van der Waals surface area contributed by atoms with E-state index >= 15 is 0 Å². The van der Waals surface area contributed by atoms with Gasteiger partial charge >= 0.3 is 0 Å². The molecule has 5 heteroatoms. The average Bonchev–Trinajstić information content (AvgIpc) is 3.15. The van der Waals surface area contributed by atoms with Crippen molar-refractivity contribution < 1.29 is 4.39 Å². The van der Waals surface area contributed by atoms with Crippen LogP contribution < -0.4 is 5.32 Å². The van der Waals surface area contributed by atoms with E-state index in [1.807, 2.05) is 19.1 Å². The topological polar surface area (TPSA) is 24.9 Å². The molecule has 3 aromatic rings. The number of nitrogens with zero attached hydrogens (tertiary/aromatic N) is 1. The highest BCUT2D eigenvalue weighted by molar-refractivity contribution is 7.10. The molecule has 4 rings (SSSR count). The predicted octanol–water partition coefficient (Wildman–Crippen LogP) is 4.63. The Morgan fingerprint density at radius 3 is 2.73 bits per heavy atom. The molecule has 0 fully saturated rings. The molecule has 3 heterocycles. The number of hydrogen-bond acceptors (Lipinski definition) is 4. The first-order valence-corrected chi connectivity index (χ1v) is 8.96. The molecule has 1 aliphatic rings. The smallest absolute Gasteiger partial charge is 0.123 e. The molecule has 0 unspecified atom stereocenters. The molecule has 1 N–H and O–H groups in total. The molecule has 1 aliphatic heterocycles. The van der Waals surface area contributed by atoms with Gasteiger partial charge in [0.05, 0.1) is 12.1 Å². The van der Waals surface area contributed by atoms with Gasteiger partial charge in [-0.3, -0.25) is 5.32 Å². The van der Waals surface area contributed by atoms with Gasteiger partial charge < -0.3 is 0 Å². The molecule has 2 atom stereocenters. The zero-order valence-electron chi connectivity index (χ0n) is 12.0. The Kier molecular flexibility index (Phi) is 3.56. The quantitative estimate of drug-likeness (QED) is 0.741. The molecule has 0 saturated carbocycles. The first kappa shape index (κ1) is 14.1. The average molecular weight is 330 g/mol. The normalized spacial score (nSPS) is 20.8. The Balaban J connectivity index is 1.73. The van der Waals surface area contributed by atoms with Crippen molar-refractivity contribution in [1.82, 2.24) is 10.3 Å². The molecule has 1 aromatic carbocycles. The fourth-order valence-corrected chi connectivity index (χ4v) is 4.80. The predicted molar refractivity (Wildman–Crippen MR) is 89.0 cm³/mol. The molecule has 0 aliphatic carbocycles. The zero-order valence-corrected chi connectivity index (χ0v) is 13.7. The number of fused-ring (bicyclic) bond motifs is 1. The number of thiazole rings is 1. The number of rotatable bonds is 2. The summed E-state index contributed by atoms with van der Waals surface area (Å²) < 4.78 is 13.2. The van der Waals surface area contributed by atoms with Crippen LogP contribution in [-0.2, 0) is 6.42 Å². The van der Waals surface area contributed by atoms with Gasteiger partial charge in [-0.25, -0.2) is 9.37 Å². The maximum absolute atomic E-state index is 13.2. The number of thiophene rings is 1. The van der Waals surface area contributed by atoms with Gasteiger partial charge in [-0.15, -0.1) is 22.7 Å². The summed E-state index contributed by atoms with van der Waals surface area (Å²) in [5, 5.41) is 9.05. The van der Waals surface area contributed by atoms with Crippen LogP contribution in [-0.4, -0.2) is 4.98 Å². The lowest BCUT2D eigenvalue weighted by Crippen LogP contribution is -2.33. The minimum atomic E-state index is -0.196. The van der Waals surface area contributed by atoms with Crippen molar-refractivity contribution in [3.8, 4) is 0 Å². The Morgan fingerprint density at radius 2 is 2.00 bits per heavy atom. The molecule has 112 valence electrons. The van der Waals surface area contributed by atoms with Gasteiger partial charge in [0.25, 0.3) is 0 Å². The maximum Gasteiger partial charge on any atom is 0.123 e. The molecule has 0 spiro atoms. The maximum atomic E-state index is 13.2. The minimum Gasteiger partial charge on any atom is -0.296 e. The molecular formula is C17H15FN2S2. The molecule has 0 radical (unpaired) electrons. The number of nitrogens with one attached hydrogen (secondary N) is 1. The summed E-state index contributed by atoms with van der Waals surface area (Å²) in [7, 11) is 0. The summed E-state index contributed by atoms with van der Waals surface area (Å²) in [4.78, 5) is 5.96. The molecule has 0 amide bonds. The van der Waals surface area contributed by atoms with Crippen LogP contribution in [0.15, 0.2) is 41.1 Å². The van der Waals surface area contributed by atoms with Crippen LogP contribution in [0.1, 0.15) is 38.8 Å². The van der Waals surface area contributed by atoms with Gasteiger partial charge in [-0.2, -0.15) is 0 Å². The van der Waals surface area contributed by atoms with Crippen LogP contribution in [0.25, 0.3) is 0 Å². The van der Waals surface area contributed by atoms with Gasteiger partial charge in [-0.05, 0) is 48.1 Å². The lowest BCUT2D eigenvalue weighted by Gasteiger charge is -2.30. The van der Waals surface area contributed by atoms with Gasteiger partial charge in [0.2, 0.25) is 0 Å². The van der Waals surface area contributed by atoms with Crippen molar-refractivity contribution in [2.24, 2.45) is 0 Å². The summed E-state index contributed by atoms with van der Waals surface area (Å²) in [5.74, 6) is -0.196. The van der Waals surface area contributed by atoms with Crippen molar-refractivity contribution in [2.75, 3.05) is 0 Å². The van der Waals surface area contributed by atoms with Gasteiger partial charge in [0.1, 0.15) is 10.8 Å². The van der Waals surface area contributed by atoms with Crippen LogP contribution in [0, 0.1) is 12.7 Å². The number of aryl methyl sites for hydroxylation is 1. The summed E-state index contributed by atoms with van der Waals surface area (Å²) in [6.45, 7) is 2.02.